The molecule has 1 heterocycles. The molecule has 1 aliphatic rings. The molecule has 4 rings (SSSR count). The van der Waals surface area contributed by atoms with E-state index in [4.69, 9.17) is 4.74 Å². The normalized spacial score (nSPS) is 16.2. The van der Waals surface area contributed by atoms with Crippen LogP contribution in [0.4, 0.5) is 20.2 Å². The Morgan fingerprint density at radius 3 is 2.48 bits per heavy atom. The number of ether oxygens (including phenoxy) is 1. The number of hydrogen-bond acceptors (Lipinski definition) is 6. The third-order valence-electron chi connectivity index (χ3n) is 4.77. The van der Waals surface area contributed by atoms with Crippen molar-refractivity contribution >= 4 is 33.3 Å². The van der Waals surface area contributed by atoms with Gasteiger partial charge in [-0.25, -0.2) is 22.0 Å². The monoisotopic (exact) mass is 473 g/mol. The van der Waals surface area contributed by atoms with Crippen LogP contribution in [-0.4, -0.2) is 26.9 Å². The number of anilines is 2. The lowest BCUT2D eigenvalue weighted by atomic mass is 10.1. The second kappa shape index (κ2) is 8.96. The Labute approximate surface area is 187 Å². The van der Waals surface area contributed by atoms with Crippen molar-refractivity contribution in [3.8, 4) is 0 Å². The van der Waals surface area contributed by atoms with Crippen molar-refractivity contribution in [3.63, 3.8) is 0 Å². The number of amides is 1. The second-order valence-corrected chi connectivity index (χ2v) is 8.75. The number of carbonyl (C=O) groups excluding carboxylic acids is 2. The Bertz CT molecular complexity index is 1330. The summed E-state index contributed by atoms with van der Waals surface area (Å²) in [6.07, 6.45) is -0.748. The van der Waals surface area contributed by atoms with Gasteiger partial charge in [0.25, 0.3) is 5.91 Å². The van der Waals surface area contributed by atoms with Crippen LogP contribution in [0.3, 0.4) is 0 Å². The van der Waals surface area contributed by atoms with E-state index in [2.05, 4.69) is 15.4 Å². The first-order valence-electron chi connectivity index (χ1n) is 9.63. The molecule has 33 heavy (non-hydrogen) atoms. The summed E-state index contributed by atoms with van der Waals surface area (Å²) in [5.41, 5.74) is 0.737. The van der Waals surface area contributed by atoms with Gasteiger partial charge in [-0.2, -0.15) is 4.72 Å². The number of benzene rings is 3. The average Bonchev–Trinajstić information content (AvgIpc) is 2.79. The lowest BCUT2D eigenvalue weighted by Crippen LogP contribution is -2.38. The Balaban J connectivity index is 1.38. The van der Waals surface area contributed by atoms with Gasteiger partial charge in [-0.1, -0.05) is 24.3 Å². The van der Waals surface area contributed by atoms with E-state index in [0.29, 0.717) is 11.3 Å². The van der Waals surface area contributed by atoms with Crippen LogP contribution in [-0.2, 0) is 19.6 Å². The maximum atomic E-state index is 13.6. The maximum Gasteiger partial charge on any atom is 0.338 e. The van der Waals surface area contributed by atoms with Gasteiger partial charge in [0.1, 0.15) is 22.7 Å². The number of halogens is 2. The highest BCUT2D eigenvalue weighted by atomic mass is 32.2. The maximum absolute atomic E-state index is 13.6. The fraction of sp³-hybridized carbons (Fsp3) is 0.0909. The van der Waals surface area contributed by atoms with E-state index in [0.717, 1.165) is 18.2 Å². The van der Waals surface area contributed by atoms with Gasteiger partial charge in [0, 0.05) is 6.07 Å². The van der Waals surface area contributed by atoms with Crippen LogP contribution in [0, 0.1) is 11.6 Å². The molecule has 0 spiro atoms. The van der Waals surface area contributed by atoms with Crippen LogP contribution in [0.15, 0.2) is 71.6 Å². The predicted octanol–water partition coefficient (Wildman–Crippen LogP) is 3.16. The summed E-state index contributed by atoms with van der Waals surface area (Å²) in [5, 5.41) is 5.19. The molecule has 0 saturated carbocycles. The molecule has 1 aliphatic heterocycles. The highest BCUT2D eigenvalue weighted by Crippen LogP contribution is 2.30. The molecule has 0 aliphatic carbocycles. The van der Waals surface area contributed by atoms with Crippen LogP contribution in [0.2, 0.25) is 0 Å². The van der Waals surface area contributed by atoms with Crippen LogP contribution < -0.4 is 15.4 Å². The Morgan fingerprint density at radius 2 is 1.73 bits per heavy atom. The fourth-order valence-corrected chi connectivity index (χ4v) is 4.49. The van der Waals surface area contributed by atoms with Gasteiger partial charge in [0.15, 0.2) is 6.61 Å². The van der Waals surface area contributed by atoms with Crippen molar-refractivity contribution in [2.24, 2.45) is 0 Å². The summed E-state index contributed by atoms with van der Waals surface area (Å²) >= 11 is 0. The highest BCUT2D eigenvalue weighted by Gasteiger charge is 2.29. The van der Waals surface area contributed by atoms with Crippen LogP contribution in [0.1, 0.15) is 22.1 Å². The first-order valence-corrected chi connectivity index (χ1v) is 11.1. The third kappa shape index (κ3) is 4.99. The van der Waals surface area contributed by atoms with Crippen LogP contribution in [0.25, 0.3) is 0 Å². The van der Waals surface area contributed by atoms with Crippen molar-refractivity contribution in [3.05, 3.63) is 89.5 Å². The lowest BCUT2D eigenvalue weighted by molar-refractivity contribution is -0.119. The highest BCUT2D eigenvalue weighted by molar-refractivity contribution is 7.89. The summed E-state index contributed by atoms with van der Waals surface area (Å²) in [6.45, 7) is -0.711. The van der Waals surface area contributed by atoms with Crippen molar-refractivity contribution in [1.29, 1.82) is 0 Å². The van der Waals surface area contributed by atoms with E-state index in [1.165, 1.54) is 30.3 Å². The molecule has 3 aromatic rings. The number of sulfonamides is 1. The predicted molar refractivity (Wildman–Crippen MR) is 115 cm³/mol. The number of nitrogens with one attached hydrogen (secondary N) is 3. The molecule has 0 aromatic heterocycles. The molecule has 1 amide bonds. The fourth-order valence-electron chi connectivity index (χ4n) is 3.18. The number of esters is 1. The molecule has 0 saturated heterocycles. The average molecular weight is 473 g/mol. The van der Waals surface area contributed by atoms with Crippen molar-refractivity contribution < 1.29 is 31.5 Å². The molecular weight excluding hydrogens is 456 g/mol. The zero-order chi connectivity index (χ0) is 23.6. The van der Waals surface area contributed by atoms with Crippen molar-refractivity contribution in [1.82, 2.24) is 4.72 Å². The topological polar surface area (TPSA) is 114 Å². The Hall–Kier alpha value is -3.83. The van der Waals surface area contributed by atoms with Gasteiger partial charge in [0.05, 0.1) is 16.9 Å². The van der Waals surface area contributed by atoms with E-state index < -0.39 is 46.3 Å². The molecule has 3 aromatic carbocycles. The van der Waals surface area contributed by atoms with Crippen LogP contribution in [0.5, 0.6) is 0 Å². The lowest BCUT2D eigenvalue weighted by Gasteiger charge is -2.28. The first-order chi connectivity index (χ1) is 15.7. The molecule has 0 radical (unpaired) electrons. The number of rotatable bonds is 5. The van der Waals surface area contributed by atoms with Gasteiger partial charge in [-0.3, -0.25) is 4.79 Å². The summed E-state index contributed by atoms with van der Waals surface area (Å²) in [5.74, 6) is -3.23. The SMILES string of the molecule is O=C(COC(=O)c1ccc(C2Nc3ccccc3S(=O)(=O)N2)cc1)Nc1cc(F)ccc1F. The summed E-state index contributed by atoms with van der Waals surface area (Å²) < 4.78 is 59.1. The van der Waals surface area contributed by atoms with Gasteiger partial charge in [-0.05, 0) is 42.0 Å². The molecule has 0 bridgehead atoms. The molecule has 3 N–H and O–H groups in total. The van der Waals surface area contributed by atoms with Gasteiger partial charge < -0.3 is 15.4 Å². The third-order valence-corrected chi connectivity index (χ3v) is 6.25. The standard InChI is InChI=1S/C22H17F2N3O5S/c23-15-9-10-16(24)18(11-15)25-20(28)12-32-22(29)14-7-5-13(6-8-14)21-26-17-3-1-2-4-19(17)33(30,31)27-21/h1-11,21,26-27H,12H2,(H,25,28). The van der Waals surface area contributed by atoms with E-state index in [9.17, 15) is 26.8 Å². The minimum atomic E-state index is -3.71. The van der Waals surface area contributed by atoms with Gasteiger partial charge >= 0.3 is 5.97 Å². The molecule has 8 nitrogen and oxygen atoms in total. The summed E-state index contributed by atoms with van der Waals surface area (Å²) in [7, 11) is -3.71. The molecule has 1 atom stereocenters. The van der Waals surface area contributed by atoms with Crippen molar-refractivity contribution in [2.75, 3.05) is 17.2 Å². The quantitative estimate of drug-likeness (QED) is 0.491. The van der Waals surface area contributed by atoms with Gasteiger partial charge in [0.2, 0.25) is 10.0 Å². The van der Waals surface area contributed by atoms with Crippen molar-refractivity contribution in [2.45, 2.75) is 11.1 Å². The Morgan fingerprint density at radius 1 is 1.00 bits per heavy atom. The van der Waals surface area contributed by atoms with E-state index >= 15 is 0 Å². The summed E-state index contributed by atoms with van der Waals surface area (Å²) in [4.78, 5) is 24.2. The first kappa shape index (κ1) is 22.4. The number of para-hydroxylation sites is 1. The number of fused-ring (bicyclic) bond motifs is 1. The van der Waals surface area contributed by atoms with E-state index in [1.54, 1.807) is 18.2 Å². The minimum absolute atomic E-state index is 0.113. The largest absolute Gasteiger partial charge is 0.452 e. The Kier molecular flexibility index (Phi) is 6.07. The smallest absolute Gasteiger partial charge is 0.338 e. The molecule has 0 fully saturated rings. The number of carbonyl (C=O) groups is 2. The summed E-state index contributed by atoms with van der Waals surface area (Å²) in [6, 6.07) is 14.9. The zero-order valence-electron chi connectivity index (χ0n) is 16.8. The van der Waals surface area contributed by atoms with Crippen LogP contribution >= 0.6 is 0 Å². The van der Waals surface area contributed by atoms with E-state index in [1.807, 2.05) is 0 Å². The molecule has 170 valence electrons. The van der Waals surface area contributed by atoms with Gasteiger partial charge in [-0.15, -0.1) is 0 Å². The molecule has 1 unspecified atom stereocenters. The van der Waals surface area contributed by atoms with E-state index in [-0.39, 0.29) is 16.1 Å². The zero-order valence-corrected chi connectivity index (χ0v) is 17.7. The molecule has 11 heteroatoms. The second-order valence-electron chi connectivity index (χ2n) is 7.07. The minimum Gasteiger partial charge on any atom is -0.452 e. The number of hydrogen-bond donors (Lipinski definition) is 3. The molecular formula is C22H17F2N3O5S.